The molecule has 0 aliphatic heterocycles. The SMILES string of the molecule is CC(C)C(Cc1cccs1)C(C)Br. The van der Waals surface area contributed by atoms with Crippen molar-refractivity contribution in [3.8, 4) is 0 Å². The zero-order valence-electron chi connectivity index (χ0n) is 8.46. The molecule has 0 aliphatic carbocycles. The third-order valence-corrected chi connectivity index (χ3v) is 4.04. The Hall–Kier alpha value is 0.180. The Kier molecular flexibility index (Phi) is 4.47. The second-order valence-electron chi connectivity index (χ2n) is 3.87. The lowest BCUT2D eigenvalue weighted by atomic mass is 9.89. The van der Waals surface area contributed by atoms with Crippen LogP contribution in [0.5, 0.6) is 0 Å². The maximum absolute atomic E-state index is 3.69. The summed E-state index contributed by atoms with van der Waals surface area (Å²) in [6.07, 6.45) is 1.21. The van der Waals surface area contributed by atoms with Crippen LogP contribution in [0.3, 0.4) is 0 Å². The van der Waals surface area contributed by atoms with Crippen LogP contribution in [0.2, 0.25) is 0 Å². The van der Waals surface area contributed by atoms with Crippen LogP contribution in [0.15, 0.2) is 17.5 Å². The molecule has 2 atom stereocenters. The molecule has 0 amide bonds. The van der Waals surface area contributed by atoms with Gasteiger partial charge in [0.05, 0.1) is 0 Å². The molecule has 74 valence electrons. The number of rotatable bonds is 4. The van der Waals surface area contributed by atoms with E-state index in [0.717, 1.165) is 11.8 Å². The van der Waals surface area contributed by atoms with Crippen LogP contribution in [0.1, 0.15) is 25.6 Å². The second-order valence-corrected chi connectivity index (χ2v) is 6.35. The minimum Gasteiger partial charge on any atom is -0.149 e. The van der Waals surface area contributed by atoms with Gasteiger partial charge in [0, 0.05) is 9.70 Å². The Morgan fingerprint density at radius 3 is 2.46 bits per heavy atom. The molecule has 1 heterocycles. The van der Waals surface area contributed by atoms with Crippen LogP contribution in [0, 0.1) is 11.8 Å². The molecule has 0 fully saturated rings. The van der Waals surface area contributed by atoms with Gasteiger partial charge in [0.2, 0.25) is 0 Å². The van der Waals surface area contributed by atoms with Gasteiger partial charge in [-0.25, -0.2) is 0 Å². The molecule has 0 aliphatic rings. The molecule has 0 spiro atoms. The molecule has 0 saturated carbocycles. The summed E-state index contributed by atoms with van der Waals surface area (Å²) in [6, 6.07) is 4.37. The molecule has 2 unspecified atom stereocenters. The number of hydrogen-bond donors (Lipinski definition) is 0. The molecular formula is C11H17BrS. The predicted molar refractivity (Wildman–Crippen MR) is 64.7 cm³/mol. The van der Waals surface area contributed by atoms with Crippen LogP contribution in [-0.2, 0) is 6.42 Å². The Bertz CT molecular complexity index is 218. The van der Waals surface area contributed by atoms with Gasteiger partial charge >= 0.3 is 0 Å². The van der Waals surface area contributed by atoms with E-state index >= 15 is 0 Å². The minimum absolute atomic E-state index is 0.606. The Morgan fingerprint density at radius 2 is 2.08 bits per heavy atom. The summed E-state index contributed by atoms with van der Waals surface area (Å²) < 4.78 is 0. The van der Waals surface area contributed by atoms with Gasteiger partial charge in [-0.3, -0.25) is 0 Å². The lowest BCUT2D eigenvalue weighted by Crippen LogP contribution is -2.19. The van der Waals surface area contributed by atoms with Crippen LogP contribution in [0.4, 0.5) is 0 Å². The maximum Gasteiger partial charge on any atom is 0.0151 e. The molecule has 0 aromatic carbocycles. The Balaban J connectivity index is 2.58. The van der Waals surface area contributed by atoms with Gasteiger partial charge < -0.3 is 0 Å². The Morgan fingerprint density at radius 1 is 1.38 bits per heavy atom. The molecular weight excluding hydrogens is 244 g/mol. The third kappa shape index (κ3) is 3.43. The fourth-order valence-corrected chi connectivity index (χ4v) is 3.16. The van der Waals surface area contributed by atoms with E-state index in [0.29, 0.717) is 4.83 Å². The average molecular weight is 261 g/mol. The van der Waals surface area contributed by atoms with E-state index in [2.05, 4.69) is 54.2 Å². The van der Waals surface area contributed by atoms with Gasteiger partial charge in [0.1, 0.15) is 0 Å². The molecule has 1 rings (SSSR count). The first kappa shape index (κ1) is 11.3. The van der Waals surface area contributed by atoms with E-state index in [4.69, 9.17) is 0 Å². The van der Waals surface area contributed by atoms with Gasteiger partial charge in [-0.2, -0.15) is 0 Å². The van der Waals surface area contributed by atoms with Crippen molar-refractivity contribution in [2.45, 2.75) is 32.0 Å². The van der Waals surface area contributed by atoms with Crippen molar-refractivity contribution >= 4 is 27.3 Å². The van der Waals surface area contributed by atoms with Crippen LogP contribution in [-0.4, -0.2) is 4.83 Å². The van der Waals surface area contributed by atoms with Crippen molar-refractivity contribution in [3.05, 3.63) is 22.4 Å². The fourth-order valence-electron chi connectivity index (χ4n) is 1.59. The summed E-state index contributed by atoms with van der Waals surface area (Å²) in [5.41, 5.74) is 0. The van der Waals surface area contributed by atoms with Gasteiger partial charge in [-0.05, 0) is 29.7 Å². The van der Waals surface area contributed by atoms with Crippen molar-refractivity contribution in [2.24, 2.45) is 11.8 Å². The van der Waals surface area contributed by atoms with Crippen LogP contribution >= 0.6 is 27.3 Å². The second kappa shape index (κ2) is 5.16. The molecule has 1 aromatic rings. The van der Waals surface area contributed by atoms with Crippen molar-refractivity contribution in [1.82, 2.24) is 0 Å². The highest BCUT2D eigenvalue weighted by molar-refractivity contribution is 9.09. The number of halogens is 1. The van der Waals surface area contributed by atoms with Gasteiger partial charge in [0.15, 0.2) is 0 Å². The monoisotopic (exact) mass is 260 g/mol. The lowest BCUT2D eigenvalue weighted by Gasteiger charge is -2.22. The van der Waals surface area contributed by atoms with Crippen molar-refractivity contribution in [2.75, 3.05) is 0 Å². The zero-order chi connectivity index (χ0) is 9.84. The quantitative estimate of drug-likeness (QED) is 0.707. The molecule has 0 radical (unpaired) electrons. The number of alkyl halides is 1. The summed E-state index contributed by atoms with van der Waals surface area (Å²) in [5.74, 6) is 1.50. The highest BCUT2D eigenvalue weighted by Gasteiger charge is 2.19. The van der Waals surface area contributed by atoms with E-state index in [1.165, 1.54) is 11.3 Å². The highest BCUT2D eigenvalue weighted by Crippen LogP contribution is 2.26. The summed E-state index contributed by atoms with van der Waals surface area (Å²) in [5, 5.41) is 2.16. The smallest absolute Gasteiger partial charge is 0.0151 e. The molecule has 0 bridgehead atoms. The Labute approximate surface area is 93.5 Å². The lowest BCUT2D eigenvalue weighted by molar-refractivity contribution is 0.386. The molecule has 1 aromatic heterocycles. The maximum atomic E-state index is 3.69. The highest BCUT2D eigenvalue weighted by atomic mass is 79.9. The van der Waals surface area contributed by atoms with E-state index < -0.39 is 0 Å². The summed E-state index contributed by atoms with van der Waals surface area (Å²) >= 11 is 5.56. The molecule has 2 heteroatoms. The van der Waals surface area contributed by atoms with Gasteiger partial charge in [-0.1, -0.05) is 42.8 Å². The topological polar surface area (TPSA) is 0 Å². The molecule has 13 heavy (non-hydrogen) atoms. The van der Waals surface area contributed by atoms with Crippen LogP contribution < -0.4 is 0 Å². The molecule has 0 nitrogen and oxygen atoms in total. The predicted octanol–water partition coefficient (Wildman–Crippen LogP) is 4.35. The van der Waals surface area contributed by atoms with Crippen molar-refractivity contribution in [1.29, 1.82) is 0 Å². The molecule has 0 N–H and O–H groups in total. The minimum atomic E-state index is 0.606. The summed E-state index contributed by atoms with van der Waals surface area (Å²) in [7, 11) is 0. The normalized spacial score (nSPS) is 16.1. The van der Waals surface area contributed by atoms with Gasteiger partial charge in [-0.15, -0.1) is 11.3 Å². The van der Waals surface area contributed by atoms with Crippen molar-refractivity contribution < 1.29 is 0 Å². The fraction of sp³-hybridized carbons (Fsp3) is 0.636. The number of thiophene rings is 1. The zero-order valence-corrected chi connectivity index (χ0v) is 10.9. The third-order valence-electron chi connectivity index (χ3n) is 2.46. The first-order chi connectivity index (χ1) is 6.11. The summed E-state index contributed by atoms with van der Waals surface area (Å²) in [4.78, 5) is 2.11. The van der Waals surface area contributed by atoms with Crippen LogP contribution in [0.25, 0.3) is 0 Å². The number of hydrogen-bond acceptors (Lipinski definition) is 1. The van der Waals surface area contributed by atoms with E-state index in [-0.39, 0.29) is 0 Å². The summed E-state index contributed by atoms with van der Waals surface area (Å²) in [6.45, 7) is 6.85. The average Bonchev–Trinajstić information content (AvgIpc) is 2.50. The molecule has 0 saturated heterocycles. The van der Waals surface area contributed by atoms with Crippen molar-refractivity contribution in [3.63, 3.8) is 0 Å². The van der Waals surface area contributed by atoms with E-state index in [1.54, 1.807) is 0 Å². The standard InChI is InChI=1S/C11H17BrS/c1-8(2)11(9(3)12)7-10-5-4-6-13-10/h4-6,8-9,11H,7H2,1-3H3. The van der Waals surface area contributed by atoms with E-state index in [9.17, 15) is 0 Å². The van der Waals surface area contributed by atoms with Gasteiger partial charge in [0.25, 0.3) is 0 Å². The first-order valence-corrected chi connectivity index (χ1v) is 6.57. The van der Waals surface area contributed by atoms with E-state index in [1.807, 2.05) is 11.3 Å². The largest absolute Gasteiger partial charge is 0.149 e. The first-order valence-electron chi connectivity index (χ1n) is 4.77.